The van der Waals surface area contributed by atoms with Crippen LogP contribution in [0.1, 0.15) is 48.6 Å². The normalized spacial score (nSPS) is 20.2. The first-order valence-electron chi connectivity index (χ1n) is 8.56. The van der Waals surface area contributed by atoms with Gasteiger partial charge in [-0.2, -0.15) is 9.61 Å². The summed E-state index contributed by atoms with van der Waals surface area (Å²) < 4.78 is 2.10. The molecule has 2 fully saturated rings. The number of nitrogens with zero attached hydrogens (tertiary/aromatic N) is 4. The topological polar surface area (TPSA) is 45.5 Å². The number of nitrogens with one attached hydrogen (secondary N) is 1. The molecule has 1 saturated carbocycles. The van der Waals surface area contributed by atoms with E-state index in [1.807, 2.05) is 0 Å². The lowest BCUT2D eigenvalue weighted by Crippen LogP contribution is -2.44. The van der Waals surface area contributed by atoms with Gasteiger partial charge in [-0.1, -0.05) is 12.8 Å². The molecule has 1 N–H and O–H groups in total. The van der Waals surface area contributed by atoms with Crippen molar-refractivity contribution < 1.29 is 0 Å². The van der Waals surface area contributed by atoms with Crippen molar-refractivity contribution in [3.8, 4) is 0 Å². The van der Waals surface area contributed by atoms with Crippen LogP contribution in [0.15, 0.2) is 6.07 Å². The smallest absolute Gasteiger partial charge is 0.157 e. The zero-order valence-corrected chi connectivity index (χ0v) is 13.6. The van der Waals surface area contributed by atoms with Gasteiger partial charge in [-0.3, -0.25) is 0 Å². The van der Waals surface area contributed by atoms with Crippen LogP contribution in [0.2, 0.25) is 0 Å². The number of hydrogen-bond acceptors (Lipinski definition) is 4. The number of fused-ring (bicyclic) bond motifs is 1. The molecule has 5 heteroatoms. The maximum absolute atomic E-state index is 4.96. The van der Waals surface area contributed by atoms with Crippen LogP contribution in [-0.2, 0) is 0 Å². The van der Waals surface area contributed by atoms with E-state index in [4.69, 9.17) is 10.1 Å². The highest BCUT2D eigenvalue weighted by molar-refractivity contribution is 5.57. The highest BCUT2D eigenvalue weighted by Crippen LogP contribution is 2.34. The number of anilines is 1. The van der Waals surface area contributed by atoms with E-state index in [0.29, 0.717) is 5.92 Å². The van der Waals surface area contributed by atoms with Crippen molar-refractivity contribution in [3.05, 3.63) is 23.0 Å². The standard InChI is InChI=1S/C17H25N5/c1-12-13(2)19-16-11-15(14-5-3-4-6-14)20-22(16)17(12)21-9-7-18-8-10-21/h11,14,18H,3-10H2,1-2H3. The Hall–Kier alpha value is -1.62. The number of piperazine rings is 1. The first-order valence-corrected chi connectivity index (χ1v) is 8.56. The summed E-state index contributed by atoms with van der Waals surface area (Å²) in [7, 11) is 0. The summed E-state index contributed by atoms with van der Waals surface area (Å²) in [6, 6.07) is 2.22. The molecule has 3 heterocycles. The third-order valence-corrected chi connectivity index (χ3v) is 5.26. The Kier molecular flexibility index (Phi) is 3.53. The average molecular weight is 299 g/mol. The molecular formula is C17H25N5. The second-order valence-electron chi connectivity index (χ2n) is 6.70. The minimum Gasteiger partial charge on any atom is -0.354 e. The molecule has 1 aliphatic heterocycles. The monoisotopic (exact) mass is 299 g/mol. The highest BCUT2D eigenvalue weighted by atomic mass is 15.4. The van der Waals surface area contributed by atoms with Crippen molar-refractivity contribution in [3.63, 3.8) is 0 Å². The van der Waals surface area contributed by atoms with E-state index in [1.54, 1.807) is 0 Å². The van der Waals surface area contributed by atoms with Crippen LogP contribution in [-0.4, -0.2) is 40.8 Å². The summed E-state index contributed by atoms with van der Waals surface area (Å²) in [6.07, 6.45) is 5.25. The fraction of sp³-hybridized carbons (Fsp3) is 0.647. The number of aryl methyl sites for hydroxylation is 1. The van der Waals surface area contributed by atoms with Gasteiger partial charge in [-0.25, -0.2) is 4.98 Å². The van der Waals surface area contributed by atoms with Crippen LogP contribution < -0.4 is 10.2 Å². The minimum absolute atomic E-state index is 0.637. The van der Waals surface area contributed by atoms with Crippen molar-refractivity contribution in [2.45, 2.75) is 45.4 Å². The van der Waals surface area contributed by atoms with Crippen molar-refractivity contribution in [2.75, 3.05) is 31.1 Å². The Morgan fingerprint density at radius 2 is 1.86 bits per heavy atom. The molecule has 0 radical (unpaired) electrons. The van der Waals surface area contributed by atoms with Crippen LogP contribution in [0.4, 0.5) is 5.82 Å². The molecular weight excluding hydrogens is 274 g/mol. The molecule has 1 saturated heterocycles. The molecule has 5 nitrogen and oxygen atoms in total. The third kappa shape index (κ3) is 2.28. The van der Waals surface area contributed by atoms with E-state index in [1.165, 1.54) is 42.8 Å². The zero-order valence-electron chi connectivity index (χ0n) is 13.6. The van der Waals surface area contributed by atoms with Gasteiger partial charge in [0.25, 0.3) is 0 Å². The summed E-state index contributed by atoms with van der Waals surface area (Å²) in [5.74, 6) is 1.88. The van der Waals surface area contributed by atoms with Gasteiger partial charge >= 0.3 is 0 Å². The lowest BCUT2D eigenvalue weighted by Gasteiger charge is -2.31. The lowest BCUT2D eigenvalue weighted by atomic mass is 10.1. The number of hydrogen-bond donors (Lipinski definition) is 1. The minimum atomic E-state index is 0.637. The molecule has 2 aromatic rings. The van der Waals surface area contributed by atoms with Crippen LogP contribution >= 0.6 is 0 Å². The molecule has 2 aliphatic rings. The fourth-order valence-electron chi connectivity index (χ4n) is 3.87. The van der Waals surface area contributed by atoms with E-state index in [9.17, 15) is 0 Å². The van der Waals surface area contributed by atoms with E-state index >= 15 is 0 Å². The zero-order chi connectivity index (χ0) is 15.1. The van der Waals surface area contributed by atoms with Crippen LogP contribution in [0, 0.1) is 13.8 Å². The van der Waals surface area contributed by atoms with Gasteiger partial charge in [0.1, 0.15) is 5.82 Å². The molecule has 0 atom stereocenters. The predicted molar refractivity (Wildman–Crippen MR) is 88.8 cm³/mol. The molecule has 4 rings (SSSR count). The van der Waals surface area contributed by atoms with Gasteiger partial charge in [-0.05, 0) is 26.7 Å². The summed E-state index contributed by atoms with van der Waals surface area (Å²) in [5, 5.41) is 8.39. The lowest BCUT2D eigenvalue weighted by molar-refractivity contribution is 0.576. The molecule has 0 aromatic carbocycles. The quantitative estimate of drug-likeness (QED) is 0.925. The predicted octanol–water partition coefficient (Wildman–Crippen LogP) is 2.41. The van der Waals surface area contributed by atoms with E-state index < -0.39 is 0 Å². The number of rotatable bonds is 2. The van der Waals surface area contributed by atoms with Gasteiger partial charge in [-0.15, -0.1) is 0 Å². The summed E-state index contributed by atoms with van der Waals surface area (Å²) >= 11 is 0. The van der Waals surface area contributed by atoms with Crippen molar-refractivity contribution in [1.29, 1.82) is 0 Å². The molecule has 0 spiro atoms. The summed E-state index contributed by atoms with van der Waals surface area (Å²) in [5.41, 5.74) is 4.64. The third-order valence-electron chi connectivity index (χ3n) is 5.26. The van der Waals surface area contributed by atoms with E-state index in [2.05, 4.69) is 34.6 Å². The van der Waals surface area contributed by atoms with Gasteiger partial charge in [0.2, 0.25) is 0 Å². The largest absolute Gasteiger partial charge is 0.354 e. The van der Waals surface area contributed by atoms with Gasteiger partial charge < -0.3 is 10.2 Å². The SMILES string of the molecule is Cc1nc2cc(C3CCCC3)nn2c(N2CCNCC2)c1C. The Bertz CT molecular complexity index is 678. The molecule has 22 heavy (non-hydrogen) atoms. The molecule has 0 bridgehead atoms. The summed E-state index contributed by atoms with van der Waals surface area (Å²) in [4.78, 5) is 7.24. The molecule has 0 unspecified atom stereocenters. The van der Waals surface area contributed by atoms with Crippen LogP contribution in [0.5, 0.6) is 0 Å². The van der Waals surface area contributed by atoms with E-state index in [0.717, 1.165) is 37.5 Å². The van der Waals surface area contributed by atoms with Crippen molar-refractivity contribution in [1.82, 2.24) is 19.9 Å². The number of aromatic nitrogens is 3. The molecule has 1 aliphatic carbocycles. The van der Waals surface area contributed by atoms with Gasteiger partial charge in [0, 0.05) is 49.4 Å². The first-order chi connectivity index (χ1) is 10.7. The Morgan fingerprint density at radius 1 is 1.14 bits per heavy atom. The maximum Gasteiger partial charge on any atom is 0.157 e. The van der Waals surface area contributed by atoms with Crippen LogP contribution in [0.25, 0.3) is 5.65 Å². The second-order valence-corrected chi connectivity index (χ2v) is 6.70. The summed E-state index contributed by atoms with van der Waals surface area (Å²) in [6.45, 7) is 8.45. The Labute approximate surface area is 131 Å². The fourth-order valence-corrected chi connectivity index (χ4v) is 3.87. The van der Waals surface area contributed by atoms with Gasteiger partial charge in [0.15, 0.2) is 5.65 Å². The first kappa shape index (κ1) is 14.0. The van der Waals surface area contributed by atoms with Gasteiger partial charge in [0.05, 0.1) is 5.69 Å². The van der Waals surface area contributed by atoms with Crippen molar-refractivity contribution in [2.24, 2.45) is 0 Å². The van der Waals surface area contributed by atoms with Crippen molar-refractivity contribution >= 4 is 11.5 Å². The van der Waals surface area contributed by atoms with E-state index in [-0.39, 0.29) is 0 Å². The maximum atomic E-state index is 4.96. The Balaban J connectivity index is 1.83. The molecule has 118 valence electrons. The highest BCUT2D eigenvalue weighted by Gasteiger charge is 2.23. The second kappa shape index (κ2) is 5.54. The molecule has 2 aromatic heterocycles. The average Bonchev–Trinajstić information content (AvgIpc) is 3.18. The Morgan fingerprint density at radius 3 is 2.59 bits per heavy atom. The molecule has 0 amide bonds. The van der Waals surface area contributed by atoms with Crippen LogP contribution in [0.3, 0.4) is 0 Å².